The van der Waals surface area contributed by atoms with Gasteiger partial charge in [-0.05, 0) is 56.4 Å². The van der Waals surface area contributed by atoms with Gasteiger partial charge in [-0.2, -0.15) is 0 Å². The van der Waals surface area contributed by atoms with Gasteiger partial charge in [0, 0.05) is 17.1 Å². The van der Waals surface area contributed by atoms with Crippen molar-refractivity contribution < 1.29 is 9.53 Å². The smallest absolute Gasteiger partial charge is 0.260 e. The summed E-state index contributed by atoms with van der Waals surface area (Å²) in [5.41, 5.74) is 2.76. The van der Waals surface area contributed by atoms with Gasteiger partial charge in [0.15, 0.2) is 5.13 Å². The molecule has 1 aromatic heterocycles. The number of aromatic nitrogens is 1. The zero-order valence-electron chi connectivity index (χ0n) is 15.5. The highest BCUT2D eigenvalue weighted by atomic mass is 32.2. The molecular formula is C21H22N2O2S2. The predicted octanol–water partition coefficient (Wildman–Crippen LogP) is 5.15. The third-order valence-electron chi connectivity index (χ3n) is 4.77. The molecule has 0 radical (unpaired) electrons. The average Bonchev–Trinajstić information content (AvgIpc) is 3.34. The van der Waals surface area contributed by atoms with Gasteiger partial charge >= 0.3 is 0 Å². The maximum atomic E-state index is 13.3. The number of fused-ring (bicyclic) bond motifs is 1. The molecular weight excluding hydrogens is 376 g/mol. The third-order valence-corrected chi connectivity index (χ3v) is 6.54. The summed E-state index contributed by atoms with van der Waals surface area (Å²) in [6.07, 6.45) is 4.18. The van der Waals surface area contributed by atoms with Crippen LogP contribution in [0.15, 0.2) is 47.4 Å². The summed E-state index contributed by atoms with van der Waals surface area (Å²) in [4.78, 5) is 21.0. The molecule has 1 fully saturated rings. The van der Waals surface area contributed by atoms with E-state index >= 15 is 0 Å². The van der Waals surface area contributed by atoms with Crippen molar-refractivity contribution in [2.24, 2.45) is 0 Å². The minimum atomic E-state index is -0.0188. The Balaban J connectivity index is 1.70. The van der Waals surface area contributed by atoms with Crippen LogP contribution in [0.2, 0.25) is 0 Å². The first kappa shape index (κ1) is 18.5. The van der Waals surface area contributed by atoms with Crippen molar-refractivity contribution in [2.75, 3.05) is 24.3 Å². The fourth-order valence-corrected chi connectivity index (χ4v) is 4.75. The van der Waals surface area contributed by atoms with Crippen LogP contribution in [0.25, 0.3) is 10.2 Å². The van der Waals surface area contributed by atoms with Crippen molar-refractivity contribution in [2.45, 2.75) is 30.8 Å². The van der Waals surface area contributed by atoms with E-state index in [4.69, 9.17) is 9.72 Å². The van der Waals surface area contributed by atoms with E-state index in [1.165, 1.54) is 4.90 Å². The molecule has 0 saturated carbocycles. The number of hydrogen-bond acceptors (Lipinski definition) is 5. The van der Waals surface area contributed by atoms with Crippen molar-refractivity contribution in [1.29, 1.82) is 0 Å². The van der Waals surface area contributed by atoms with Gasteiger partial charge in [-0.15, -0.1) is 11.8 Å². The number of rotatable bonds is 5. The Morgan fingerprint density at radius 1 is 1.30 bits per heavy atom. The van der Waals surface area contributed by atoms with Crippen LogP contribution in [0.1, 0.15) is 28.8 Å². The topological polar surface area (TPSA) is 42.4 Å². The molecule has 1 aliphatic rings. The standard InChI is InChI=1S/C21H22N2O2S2/c1-14-5-7-15(8-6-14)20(24)23(13-16-4-3-11-25-16)21-22-18-10-9-17(26-2)12-19(18)27-21/h5-10,12,16H,3-4,11,13H2,1-2H3. The van der Waals surface area contributed by atoms with E-state index in [0.717, 1.165) is 40.4 Å². The fourth-order valence-electron chi connectivity index (χ4n) is 3.23. The van der Waals surface area contributed by atoms with E-state index in [0.29, 0.717) is 12.1 Å². The Morgan fingerprint density at radius 3 is 2.81 bits per heavy atom. The molecule has 2 heterocycles. The molecule has 4 rings (SSSR count). The number of carbonyl (C=O) groups is 1. The Bertz CT molecular complexity index is 946. The number of aryl methyl sites for hydroxylation is 1. The average molecular weight is 399 g/mol. The van der Waals surface area contributed by atoms with Crippen LogP contribution in [0.4, 0.5) is 5.13 Å². The molecule has 0 aliphatic carbocycles. The quantitative estimate of drug-likeness (QED) is 0.557. The number of ether oxygens (including phenoxy) is 1. The highest BCUT2D eigenvalue weighted by Crippen LogP contribution is 2.33. The summed E-state index contributed by atoms with van der Waals surface area (Å²) in [5.74, 6) is -0.0188. The lowest BCUT2D eigenvalue weighted by Gasteiger charge is -2.23. The minimum absolute atomic E-state index is 0.0188. The van der Waals surface area contributed by atoms with Crippen molar-refractivity contribution in [1.82, 2.24) is 4.98 Å². The van der Waals surface area contributed by atoms with Crippen LogP contribution in [-0.2, 0) is 4.74 Å². The second kappa shape index (κ2) is 8.00. The maximum absolute atomic E-state index is 13.3. The molecule has 1 aliphatic heterocycles. The lowest BCUT2D eigenvalue weighted by Crippen LogP contribution is -2.37. The maximum Gasteiger partial charge on any atom is 0.260 e. The monoisotopic (exact) mass is 398 g/mol. The number of thiazole rings is 1. The highest BCUT2D eigenvalue weighted by molar-refractivity contribution is 7.98. The number of nitrogens with zero attached hydrogens (tertiary/aromatic N) is 2. The van der Waals surface area contributed by atoms with E-state index in [1.54, 1.807) is 28.0 Å². The van der Waals surface area contributed by atoms with Crippen LogP contribution >= 0.6 is 23.1 Å². The van der Waals surface area contributed by atoms with Crippen molar-refractivity contribution >= 4 is 44.4 Å². The summed E-state index contributed by atoms with van der Waals surface area (Å²) in [6, 6.07) is 14.0. The molecule has 1 saturated heterocycles. The summed E-state index contributed by atoms with van der Waals surface area (Å²) in [7, 11) is 0. The molecule has 1 unspecified atom stereocenters. The zero-order chi connectivity index (χ0) is 18.8. The van der Waals surface area contributed by atoms with E-state index < -0.39 is 0 Å². The van der Waals surface area contributed by atoms with Gasteiger partial charge in [0.25, 0.3) is 5.91 Å². The predicted molar refractivity (Wildman–Crippen MR) is 113 cm³/mol. The van der Waals surface area contributed by atoms with Gasteiger partial charge in [0.2, 0.25) is 0 Å². The van der Waals surface area contributed by atoms with Crippen molar-refractivity contribution in [3.63, 3.8) is 0 Å². The first-order valence-electron chi connectivity index (χ1n) is 9.09. The van der Waals surface area contributed by atoms with Gasteiger partial charge in [-0.3, -0.25) is 9.69 Å². The highest BCUT2D eigenvalue weighted by Gasteiger charge is 2.27. The first-order valence-corrected chi connectivity index (χ1v) is 11.1. The van der Waals surface area contributed by atoms with E-state index in [2.05, 4.69) is 18.4 Å². The second-order valence-corrected chi connectivity index (χ2v) is 8.64. The molecule has 0 N–H and O–H groups in total. The number of amides is 1. The number of hydrogen-bond donors (Lipinski definition) is 0. The van der Waals surface area contributed by atoms with Crippen LogP contribution in [0.3, 0.4) is 0 Å². The summed E-state index contributed by atoms with van der Waals surface area (Å²) >= 11 is 3.28. The van der Waals surface area contributed by atoms with Gasteiger partial charge in [0.1, 0.15) is 0 Å². The molecule has 3 aromatic rings. The van der Waals surface area contributed by atoms with Crippen LogP contribution < -0.4 is 4.90 Å². The molecule has 1 atom stereocenters. The van der Waals surface area contributed by atoms with Gasteiger partial charge in [0.05, 0.1) is 22.9 Å². The summed E-state index contributed by atoms with van der Waals surface area (Å²) in [5, 5.41) is 0.740. The minimum Gasteiger partial charge on any atom is -0.376 e. The molecule has 140 valence electrons. The Morgan fingerprint density at radius 2 is 2.11 bits per heavy atom. The molecule has 0 bridgehead atoms. The molecule has 2 aromatic carbocycles. The van der Waals surface area contributed by atoms with E-state index in [9.17, 15) is 4.79 Å². The fraction of sp³-hybridized carbons (Fsp3) is 0.333. The molecule has 4 nitrogen and oxygen atoms in total. The van der Waals surface area contributed by atoms with Crippen LogP contribution in [-0.4, -0.2) is 36.4 Å². The summed E-state index contributed by atoms with van der Waals surface area (Å²) < 4.78 is 6.90. The van der Waals surface area contributed by atoms with Crippen molar-refractivity contribution in [3.8, 4) is 0 Å². The Hall–Kier alpha value is -1.89. The second-order valence-electron chi connectivity index (χ2n) is 6.75. The van der Waals surface area contributed by atoms with E-state index in [1.807, 2.05) is 37.3 Å². The lowest BCUT2D eigenvalue weighted by molar-refractivity contribution is 0.0917. The Labute approximate surface area is 167 Å². The van der Waals surface area contributed by atoms with Gasteiger partial charge in [-0.25, -0.2) is 4.98 Å². The number of carbonyl (C=O) groups excluding carboxylic acids is 1. The van der Waals surface area contributed by atoms with Gasteiger partial charge in [-0.1, -0.05) is 29.0 Å². The number of thioether (sulfide) groups is 1. The third kappa shape index (κ3) is 4.03. The lowest BCUT2D eigenvalue weighted by atomic mass is 10.1. The number of anilines is 1. The van der Waals surface area contributed by atoms with Crippen LogP contribution in [0, 0.1) is 6.92 Å². The van der Waals surface area contributed by atoms with E-state index in [-0.39, 0.29) is 12.0 Å². The molecule has 1 amide bonds. The SMILES string of the molecule is CSc1ccc2nc(N(CC3CCCO3)C(=O)c3ccc(C)cc3)sc2c1. The van der Waals surface area contributed by atoms with Crippen LogP contribution in [0.5, 0.6) is 0 Å². The molecule has 6 heteroatoms. The summed E-state index contributed by atoms with van der Waals surface area (Å²) in [6.45, 7) is 3.34. The Kier molecular flexibility index (Phi) is 5.48. The normalized spacial score (nSPS) is 16.7. The van der Waals surface area contributed by atoms with Crippen molar-refractivity contribution in [3.05, 3.63) is 53.6 Å². The zero-order valence-corrected chi connectivity index (χ0v) is 17.1. The largest absolute Gasteiger partial charge is 0.376 e. The molecule has 0 spiro atoms. The van der Waals surface area contributed by atoms with Gasteiger partial charge < -0.3 is 4.74 Å². The first-order chi connectivity index (χ1) is 13.1. The number of benzene rings is 2. The molecule has 27 heavy (non-hydrogen) atoms.